The average molecular weight is 263 g/mol. The lowest BCUT2D eigenvalue weighted by atomic mass is 9.75. The Balaban J connectivity index is 2.45. The summed E-state index contributed by atoms with van der Waals surface area (Å²) in [4.78, 5) is 0.408. The Morgan fingerprint density at radius 2 is 1.80 bits per heavy atom. The number of hydrogen-bond donors (Lipinski definition) is 0. The molecule has 1 aliphatic carbocycles. The van der Waals surface area contributed by atoms with Crippen molar-refractivity contribution in [1.82, 2.24) is 0 Å². The first-order valence-electron chi connectivity index (χ1n) is 5.21. The minimum atomic E-state index is 0.149. The Labute approximate surface area is 99.8 Å². The highest BCUT2D eigenvalue weighted by Gasteiger charge is 2.31. The molecule has 1 aromatic rings. The van der Waals surface area contributed by atoms with Crippen LogP contribution in [0, 0.1) is 5.41 Å². The fraction of sp³-hybridized carbons (Fsp3) is 0.286. The third-order valence-corrected chi connectivity index (χ3v) is 4.46. The summed E-state index contributed by atoms with van der Waals surface area (Å²) in [5.41, 5.74) is 2.86. The molecule has 2 rings (SSSR count). The van der Waals surface area contributed by atoms with Crippen molar-refractivity contribution in [2.45, 2.75) is 18.7 Å². The molecule has 0 N–H and O–H groups in total. The van der Waals surface area contributed by atoms with E-state index in [4.69, 9.17) is 0 Å². The van der Waals surface area contributed by atoms with E-state index in [9.17, 15) is 0 Å². The summed E-state index contributed by atoms with van der Waals surface area (Å²) >= 11 is 3.72. The van der Waals surface area contributed by atoms with Crippen LogP contribution in [0.2, 0.25) is 0 Å². The lowest BCUT2D eigenvalue weighted by Crippen LogP contribution is -2.26. The predicted octanol–water partition coefficient (Wildman–Crippen LogP) is 4.43. The first-order valence-corrected chi connectivity index (χ1v) is 6.12. The van der Waals surface area contributed by atoms with Gasteiger partial charge in [-0.3, -0.25) is 0 Å². The van der Waals surface area contributed by atoms with Crippen molar-refractivity contribution in [1.29, 1.82) is 0 Å². The molecule has 1 aromatic carbocycles. The minimum Gasteiger partial charge on any atom is -0.0836 e. The molecule has 0 spiro atoms. The average Bonchev–Trinajstić information content (AvgIpc) is 2.23. The molecular formula is C14H15Br. The van der Waals surface area contributed by atoms with Crippen LogP contribution < -0.4 is 0 Å². The first-order chi connectivity index (χ1) is 7.12. The molecule has 0 saturated carbocycles. The topological polar surface area (TPSA) is 0 Å². The molecule has 0 saturated heterocycles. The second-order valence-corrected chi connectivity index (χ2v) is 5.44. The van der Waals surface area contributed by atoms with E-state index in [0.29, 0.717) is 4.83 Å². The molecule has 1 heteroatoms. The number of allylic oxidation sites excluding steroid dienone is 4. The standard InChI is InChI=1S/C14H15Br/c1-14(2)12(9-6-10-13(14)15)11-7-4-3-5-8-11/h3-10,13H,1-2H3. The van der Waals surface area contributed by atoms with Gasteiger partial charge in [-0.15, -0.1) is 0 Å². The maximum Gasteiger partial charge on any atom is 0.0420 e. The molecule has 0 bridgehead atoms. The molecule has 0 fully saturated rings. The summed E-state index contributed by atoms with van der Waals surface area (Å²) in [5, 5.41) is 0. The van der Waals surface area contributed by atoms with E-state index in [2.05, 4.69) is 78.3 Å². The van der Waals surface area contributed by atoms with Crippen molar-refractivity contribution < 1.29 is 0 Å². The zero-order valence-electron chi connectivity index (χ0n) is 9.07. The van der Waals surface area contributed by atoms with Crippen LogP contribution in [0.3, 0.4) is 0 Å². The number of hydrogen-bond acceptors (Lipinski definition) is 0. The number of alkyl halides is 1. The van der Waals surface area contributed by atoms with Gasteiger partial charge in [0, 0.05) is 10.2 Å². The Kier molecular flexibility index (Phi) is 2.83. The summed E-state index contributed by atoms with van der Waals surface area (Å²) in [6.45, 7) is 4.55. The van der Waals surface area contributed by atoms with E-state index in [-0.39, 0.29) is 5.41 Å². The van der Waals surface area contributed by atoms with Crippen LogP contribution in [-0.2, 0) is 0 Å². The highest BCUT2D eigenvalue weighted by atomic mass is 79.9. The van der Waals surface area contributed by atoms with Gasteiger partial charge in [-0.2, -0.15) is 0 Å². The second-order valence-electron chi connectivity index (χ2n) is 4.45. The van der Waals surface area contributed by atoms with Crippen LogP contribution in [0.15, 0.2) is 48.6 Å². The number of rotatable bonds is 1. The molecule has 1 atom stereocenters. The van der Waals surface area contributed by atoms with Gasteiger partial charge in [0.15, 0.2) is 0 Å². The van der Waals surface area contributed by atoms with Crippen LogP contribution in [0.1, 0.15) is 19.4 Å². The Hall–Kier alpha value is -0.820. The van der Waals surface area contributed by atoms with Crippen LogP contribution in [0.25, 0.3) is 5.57 Å². The summed E-state index contributed by atoms with van der Waals surface area (Å²) in [5.74, 6) is 0. The van der Waals surface area contributed by atoms with Crippen molar-refractivity contribution >= 4 is 21.5 Å². The zero-order valence-corrected chi connectivity index (χ0v) is 10.7. The van der Waals surface area contributed by atoms with Gasteiger partial charge >= 0.3 is 0 Å². The molecule has 15 heavy (non-hydrogen) atoms. The molecule has 1 unspecified atom stereocenters. The Morgan fingerprint density at radius 1 is 1.13 bits per heavy atom. The van der Waals surface area contributed by atoms with Gasteiger partial charge < -0.3 is 0 Å². The molecule has 0 radical (unpaired) electrons. The molecule has 0 amide bonds. The SMILES string of the molecule is CC1(C)C(c2ccccc2)=CC=CC1Br. The van der Waals surface area contributed by atoms with E-state index < -0.39 is 0 Å². The van der Waals surface area contributed by atoms with E-state index in [1.54, 1.807) is 0 Å². The third kappa shape index (κ3) is 1.93. The summed E-state index contributed by atoms with van der Waals surface area (Å²) in [6.07, 6.45) is 6.55. The van der Waals surface area contributed by atoms with Gasteiger partial charge in [-0.1, -0.05) is 78.3 Å². The quantitative estimate of drug-likeness (QED) is 0.657. The van der Waals surface area contributed by atoms with Crippen LogP contribution >= 0.6 is 15.9 Å². The van der Waals surface area contributed by atoms with E-state index in [1.165, 1.54) is 11.1 Å². The smallest absolute Gasteiger partial charge is 0.0420 e. The molecular weight excluding hydrogens is 248 g/mol. The lowest BCUT2D eigenvalue weighted by molar-refractivity contribution is 0.525. The highest BCUT2D eigenvalue weighted by molar-refractivity contribution is 9.09. The normalized spacial score (nSPS) is 23.7. The molecule has 0 nitrogen and oxygen atoms in total. The van der Waals surface area contributed by atoms with Crippen molar-refractivity contribution in [3.05, 3.63) is 54.1 Å². The number of benzene rings is 1. The lowest BCUT2D eigenvalue weighted by Gasteiger charge is -2.34. The van der Waals surface area contributed by atoms with Crippen LogP contribution in [-0.4, -0.2) is 4.83 Å². The van der Waals surface area contributed by atoms with Gasteiger partial charge in [-0.25, -0.2) is 0 Å². The van der Waals surface area contributed by atoms with Gasteiger partial charge in [0.2, 0.25) is 0 Å². The number of halogens is 1. The fourth-order valence-electron chi connectivity index (χ4n) is 1.94. The maximum absolute atomic E-state index is 3.72. The van der Waals surface area contributed by atoms with Crippen LogP contribution in [0.4, 0.5) is 0 Å². The Bertz CT molecular complexity index is 399. The highest BCUT2D eigenvalue weighted by Crippen LogP contribution is 2.43. The minimum absolute atomic E-state index is 0.149. The zero-order chi connectivity index (χ0) is 10.9. The van der Waals surface area contributed by atoms with Crippen molar-refractivity contribution in [2.24, 2.45) is 5.41 Å². The van der Waals surface area contributed by atoms with E-state index >= 15 is 0 Å². The third-order valence-electron chi connectivity index (χ3n) is 3.01. The summed E-state index contributed by atoms with van der Waals surface area (Å²) in [6, 6.07) is 10.6. The van der Waals surface area contributed by atoms with Gasteiger partial charge in [0.25, 0.3) is 0 Å². The largest absolute Gasteiger partial charge is 0.0836 e. The summed E-state index contributed by atoms with van der Waals surface area (Å²) in [7, 11) is 0. The second kappa shape index (κ2) is 3.97. The van der Waals surface area contributed by atoms with Crippen molar-refractivity contribution in [2.75, 3.05) is 0 Å². The van der Waals surface area contributed by atoms with E-state index in [0.717, 1.165) is 0 Å². The first kappa shape index (κ1) is 10.7. The van der Waals surface area contributed by atoms with Gasteiger partial charge in [-0.05, 0) is 11.1 Å². The molecule has 0 aromatic heterocycles. The maximum atomic E-state index is 3.72. The van der Waals surface area contributed by atoms with Crippen LogP contribution in [0.5, 0.6) is 0 Å². The van der Waals surface area contributed by atoms with E-state index in [1.807, 2.05) is 0 Å². The van der Waals surface area contributed by atoms with Gasteiger partial charge in [0.1, 0.15) is 0 Å². The molecule has 1 aliphatic rings. The van der Waals surface area contributed by atoms with Crippen molar-refractivity contribution in [3.63, 3.8) is 0 Å². The molecule has 0 aliphatic heterocycles. The summed E-state index contributed by atoms with van der Waals surface area (Å²) < 4.78 is 0. The molecule has 0 heterocycles. The Morgan fingerprint density at radius 3 is 2.47 bits per heavy atom. The fourth-order valence-corrected chi connectivity index (χ4v) is 2.36. The molecule has 78 valence electrons. The predicted molar refractivity (Wildman–Crippen MR) is 70.1 cm³/mol. The monoisotopic (exact) mass is 262 g/mol. The van der Waals surface area contributed by atoms with Crippen molar-refractivity contribution in [3.8, 4) is 0 Å². The van der Waals surface area contributed by atoms with Gasteiger partial charge in [0.05, 0.1) is 0 Å².